The lowest BCUT2D eigenvalue weighted by molar-refractivity contribution is 0.396. The molecule has 4 heteroatoms. The third-order valence-electron chi connectivity index (χ3n) is 14.0. The SMILES string of the molecule is N#CC1=CC2c3ccccc3N(C3C(C#N)=CC=CC3c3ccc(-c4ccc5c(c4)C(c4ccccc4)(C4C=CCCC4)c4ccccc4N5C4=CCCC=C4)cc3)C2C=C1. The van der Waals surface area contributed by atoms with Crippen LogP contribution in [0.15, 0.2) is 205 Å². The minimum Gasteiger partial charge on any atom is -0.355 e. The summed E-state index contributed by atoms with van der Waals surface area (Å²) in [4.78, 5) is 4.95. The number of fused-ring (bicyclic) bond motifs is 5. The van der Waals surface area contributed by atoms with E-state index in [0.717, 1.165) is 36.9 Å². The highest BCUT2D eigenvalue weighted by molar-refractivity contribution is 5.87. The first-order valence-corrected chi connectivity index (χ1v) is 21.9. The van der Waals surface area contributed by atoms with Gasteiger partial charge in [-0.15, -0.1) is 0 Å². The lowest BCUT2D eigenvalue weighted by atomic mass is 9.57. The molecular weight excluding hydrogens is 741 g/mol. The van der Waals surface area contributed by atoms with Gasteiger partial charge in [-0.2, -0.15) is 10.5 Å². The van der Waals surface area contributed by atoms with E-state index in [9.17, 15) is 10.5 Å². The molecule has 11 rings (SSSR count). The van der Waals surface area contributed by atoms with Crippen LogP contribution < -0.4 is 9.80 Å². The molecule has 6 unspecified atom stereocenters. The fourth-order valence-corrected chi connectivity index (χ4v) is 11.4. The Balaban J connectivity index is 1.03. The first-order valence-electron chi connectivity index (χ1n) is 21.9. The topological polar surface area (TPSA) is 54.1 Å². The summed E-state index contributed by atoms with van der Waals surface area (Å²) >= 11 is 0. The molecule has 0 bridgehead atoms. The molecule has 0 saturated heterocycles. The maximum absolute atomic E-state index is 10.6. The molecular formula is C57H46N4. The highest BCUT2D eigenvalue weighted by Gasteiger charge is 2.50. The molecule has 61 heavy (non-hydrogen) atoms. The lowest BCUT2D eigenvalue weighted by Crippen LogP contribution is -2.46. The minimum atomic E-state index is -0.393. The van der Waals surface area contributed by atoms with E-state index < -0.39 is 5.41 Å². The predicted octanol–water partition coefficient (Wildman–Crippen LogP) is 13.2. The summed E-state index contributed by atoms with van der Waals surface area (Å²) in [7, 11) is 0. The Hall–Kier alpha value is -7.14. The van der Waals surface area contributed by atoms with E-state index in [4.69, 9.17) is 0 Å². The van der Waals surface area contributed by atoms with Gasteiger partial charge >= 0.3 is 0 Å². The van der Waals surface area contributed by atoms with Gasteiger partial charge in [-0.1, -0.05) is 146 Å². The van der Waals surface area contributed by atoms with Crippen molar-refractivity contribution in [3.05, 3.63) is 233 Å². The number of para-hydroxylation sites is 2. The van der Waals surface area contributed by atoms with Crippen LogP contribution in [0.25, 0.3) is 11.1 Å². The van der Waals surface area contributed by atoms with Crippen molar-refractivity contribution >= 4 is 17.1 Å². The number of nitrogens with zero attached hydrogens (tertiary/aromatic N) is 4. The Labute approximate surface area is 359 Å². The molecule has 0 amide bonds. The number of allylic oxidation sites excluding steroid dienone is 9. The van der Waals surface area contributed by atoms with Crippen molar-refractivity contribution in [2.75, 3.05) is 9.80 Å². The third-order valence-corrected chi connectivity index (χ3v) is 14.0. The van der Waals surface area contributed by atoms with Gasteiger partial charge in [-0.05, 0) is 119 Å². The lowest BCUT2D eigenvalue weighted by Gasteiger charge is -2.50. The van der Waals surface area contributed by atoms with Gasteiger partial charge in [0.2, 0.25) is 0 Å². The summed E-state index contributed by atoms with van der Waals surface area (Å²) in [5.74, 6) is 0.284. The number of hydrogen-bond donors (Lipinski definition) is 0. The Kier molecular flexibility index (Phi) is 9.17. The predicted molar refractivity (Wildman–Crippen MR) is 247 cm³/mol. The average Bonchev–Trinajstić information content (AvgIpc) is 3.66. The Morgan fingerprint density at radius 3 is 2.21 bits per heavy atom. The zero-order valence-electron chi connectivity index (χ0n) is 34.1. The second-order valence-corrected chi connectivity index (χ2v) is 17.1. The maximum atomic E-state index is 10.6. The van der Waals surface area contributed by atoms with Crippen LogP contribution >= 0.6 is 0 Å². The van der Waals surface area contributed by atoms with E-state index in [1.54, 1.807) is 0 Å². The molecule has 4 nitrogen and oxygen atoms in total. The first-order chi connectivity index (χ1) is 30.2. The van der Waals surface area contributed by atoms with E-state index in [1.165, 1.54) is 62.4 Å². The van der Waals surface area contributed by atoms with E-state index in [2.05, 4.69) is 192 Å². The first kappa shape index (κ1) is 36.9. The number of rotatable bonds is 6. The summed E-state index contributed by atoms with van der Waals surface area (Å²) < 4.78 is 0. The third kappa shape index (κ3) is 5.85. The molecule has 0 spiro atoms. The van der Waals surface area contributed by atoms with Crippen LogP contribution in [0, 0.1) is 28.6 Å². The second-order valence-electron chi connectivity index (χ2n) is 17.1. The molecule has 6 aliphatic rings. The molecule has 2 aliphatic heterocycles. The summed E-state index contributed by atoms with van der Waals surface area (Å²) in [6.45, 7) is 0. The molecule has 0 radical (unpaired) electrons. The van der Waals surface area contributed by atoms with Gasteiger partial charge in [0.15, 0.2) is 0 Å². The van der Waals surface area contributed by atoms with Crippen LogP contribution in [0.3, 0.4) is 0 Å². The van der Waals surface area contributed by atoms with Crippen LogP contribution in [0.1, 0.15) is 71.8 Å². The van der Waals surface area contributed by atoms with Crippen molar-refractivity contribution in [2.45, 2.75) is 61.4 Å². The summed E-state index contributed by atoms with van der Waals surface area (Å²) in [6.07, 6.45) is 29.9. The van der Waals surface area contributed by atoms with E-state index >= 15 is 0 Å². The zero-order valence-corrected chi connectivity index (χ0v) is 34.1. The standard InChI is InChI=1S/C57H46N4/c58-37-39-27-33-53-49(35-39)48-22-10-12-25-52(48)61(53)56-43(38-59)15-14-23-47(56)41-30-28-40(29-31-41)42-32-34-55-51(36-42)57(44-16-4-1-5-17-44,45-18-6-2-7-19-45)50-24-11-13-26-54(50)60(55)46-20-8-3-9-21-46/h1,4-6,8,10-18,20-36,45,47,49,53,56H,2-3,7,9,19H2. The molecule has 0 aromatic heterocycles. The number of anilines is 3. The number of benzene rings is 5. The van der Waals surface area contributed by atoms with Gasteiger partial charge in [0, 0.05) is 28.8 Å². The van der Waals surface area contributed by atoms with Crippen LogP contribution in [0.4, 0.5) is 17.1 Å². The van der Waals surface area contributed by atoms with Gasteiger partial charge in [0.1, 0.15) is 0 Å². The van der Waals surface area contributed by atoms with Crippen molar-refractivity contribution in [2.24, 2.45) is 5.92 Å². The Bertz CT molecular complexity index is 2850. The van der Waals surface area contributed by atoms with Gasteiger partial charge in [-0.3, -0.25) is 0 Å². The van der Waals surface area contributed by atoms with Crippen molar-refractivity contribution in [3.63, 3.8) is 0 Å². The largest absolute Gasteiger partial charge is 0.355 e. The monoisotopic (exact) mass is 786 g/mol. The molecule has 0 N–H and O–H groups in total. The highest BCUT2D eigenvalue weighted by Crippen LogP contribution is 2.59. The maximum Gasteiger partial charge on any atom is 0.0988 e. The van der Waals surface area contributed by atoms with E-state index in [-0.39, 0.29) is 29.8 Å². The highest BCUT2D eigenvalue weighted by atomic mass is 15.2. The van der Waals surface area contributed by atoms with Crippen molar-refractivity contribution in [1.82, 2.24) is 0 Å². The van der Waals surface area contributed by atoms with E-state index in [0.29, 0.717) is 5.57 Å². The molecule has 5 aromatic carbocycles. The van der Waals surface area contributed by atoms with Gasteiger partial charge < -0.3 is 9.80 Å². The van der Waals surface area contributed by atoms with Gasteiger partial charge in [-0.25, -0.2) is 0 Å². The molecule has 4 aliphatic carbocycles. The Morgan fingerprint density at radius 1 is 0.639 bits per heavy atom. The normalized spacial score (nSPS) is 25.5. The van der Waals surface area contributed by atoms with Crippen LogP contribution in [0.2, 0.25) is 0 Å². The number of nitriles is 2. The summed E-state index contributed by atoms with van der Waals surface area (Å²) in [5, 5.41) is 20.4. The van der Waals surface area contributed by atoms with Crippen molar-refractivity contribution in [3.8, 4) is 23.3 Å². The number of hydrogen-bond acceptors (Lipinski definition) is 4. The van der Waals surface area contributed by atoms with Gasteiger partial charge in [0.05, 0.1) is 46.6 Å². The van der Waals surface area contributed by atoms with Crippen LogP contribution in [-0.2, 0) is 5.41 Å². The van der Waals surface area contributed by atoms with Gasteiger partial charge in [0.25, 0.3) is 0 Å². The smallest absolute Gasteiger partial charge is 0.0988 e. The van der Waals surface area contributed by atoms with Crippen molar-refractivity contribution < 1.29 is 0 Å². The summed E-state index contributed by atoms with van der Waals surface area (Å²) in [5.41, 5.74) is 14.6. The van der Waals surface area contributed by atoms with Crippen molar-refractivity contribution in [1.29, 1.82) is 10.5 Å². The molecule has 2 heterocycles. The van der Waals surface area contributed by atoms with Crippen LogP contribution in [0.5, 0.6) is 0 Å². The molecule has 6 atom stereocenters. The second kappa shape index (κ2) is 15.2. The summed E-state index contributed by atoms with van der Waals surface area (Å²) in [6, 6.07) is 49.9. The minimum absolute atomic E-state index is 0.00784. The molecule has 0 fully saturated rings. The van der Waals surface area contributed by atoms with Crippen LogP contribution in [-0.4, -0.2) is 12.1 Å². The van der Waals surface area contributed by atoms with E-state index in [1.807, 2.05) is 18.2 Å². The Morgan fingerprint density at radius 2 is 1.43 bits per heavy atom. The molecule has 0 saturated carbocycles. The molecule has 5 aromatic rings. The molecule has 294 valence electrons. The zero-order chi connectivity index (χ0) is 40.9. The fourth-order valence-electron chi connectivity index (χ4n) is 11.4. The fraction of sp³-hybridized carbons (Fsp3) is 0.193. The average molecular weight is 787 g/mol. The quantitative estimate of drug-likeness (QED) is 0.161.